The van der Waals surface area contributed by atoms with Gasteiger partial charge in [0.2, 0.25) is 6.29 Å². The number of aliphatic hydroxyl groups is 1. The molecule has 1 unspecified atom stereocenters. The van der Waals surface area contributed by atoms with Crippen LogP contribution in [0.25, 0.3) is 0 Å². The average Bonchev–Trinajstić information content (AvgIpc) is 2.17. The molecule has 0 spiro atoms. The highest BCUT2D eigenvalue weighted by atomic mass is 16.6. The first-order chi connectivity index (χ1) is 6.60. The summed E-state index contributed by atoms with van der Waals surface area (Å²) in [5, 5.41) is 9.08. The van der Waals surface area contributed by atoms with Crippen LogP contribution in [0.5, 0.6) is 0 Å². The Bertz CT molecular complexity index is 211. The highest BCUT2D eigenvalue weighted by Gasteiger charge is 2.09. The maximum absolute atomic E-state index is 10.7. The van der Waals surface area contributed by atoms with Gasteiger partial charge in [-0.05, 0) is 0 Å². The maximum atomic E-state index is 10.7. The molecular weight excluding hydrogens is 188 g/mol. The smallest absolute Gasteiger partial charge is 0.330 e. The largest absolute Gasteiger partial charge is 0.462 e. The van der Waals surface area contributed by atoms with Crippen LogP contribution < -0.4 is 0 Å². The Kier molecular flexibility index (Phi) is 6.39. The Morgan fingerprint density at radius 1 is 1.57 bits per heavy atom. The number of aliphatic hydroxyl groups excluding tert-OH is 1. The first-order valence-corrected chi connectivity index (χ1v) is 4.26. The molecule has 0 amide bonds. The predicted molar refractivity (Wildman–Crippen MR) is 48.2 cm³/mol. The lowest BCUT2D eigenvalue weighted by Crippen LogP contribution is -2.19. The number of ether oxygens (including phenoxy) is 2. The van der Waals surface area contributed by atoms with Crippen LogP contribution in [0.4, 0.5) is 0 Å². The summed E-state index contributed by atoms with van der Waals surface area (Å²) in [7, 11) is 0. The minimum atomic E-state index is -1.22. The van der Waals surface area contributed by atoms with Crippen LogP contribution in [0.2, 0.25) is 0 Å². The van der Waals surface area contributed by atoms with Gasteiger partial charge in [0.15, 0.2) is 0 Å². The zero-order chi connectivity index (χ0) is 11.0. The van der Waals surface area contributed by atoms with Gasteiger partial charge in [-0.3, -0.25) is 4.79 Å². The minimum absolute atomic E-state index is 0.0109. The van der Waals surface area contributed by atoms with Crippen molar-refractivity contribution in [3.63, 3.8) is 0 Å². The molecule has 0 heterocycles. The van der Waals surface area contributed by atoms with Crippen LogP contribution in [0.1, 0.15) is 19.8 Å². The number of carbonyl (C=O) groups is 2. The molecule has 0 aliphatic rings. The van der Waals surface area contributed by atoms with E-state index in [0.29, 0.717) is 0 Å². The Morgan fingerprint density at radius 2 is 2.21 bits per heavy atom. The van der Waals surface area contributed by atoms with Gasteiger partial charge >= 0.3 is 11.9 Å². The quantitative estimate of drug-likeness (QED) is 0.383. The van der Waals surface area contributed by atoms with Crippen LogP contribution in [0, 0.1) is 0 Å². The molecule has 80 valence electrons. The Hall–Kier alpha value is -1.36. The van der Waals surface area contributed by atoms with Crippen molar-refractivity contribution in [1.29, 1.82) is 0 Å². The van der Waals surface area contributed by atoms with E-state index in [-0.39, 0.29) is 19.4 Å². The fourth-order valence-corrected chi connectivity index (χ4v) is 0.613. The third kappa shape index (κ3) is 6.19. The van der Waals surface area contributed by atoms with Gasteiger partial charge in [-0.15, -0.1) is 0 Å². The molecule has 14 heavy (non-hydrogen) atoms. The van der Waals surface area contributed by atoms with E-state index in [0.717, 1.165) is 6.08 Å². The van der Waals surface area contributed by atoms with Crippen LogP contribution in [0.3, 0.4) is 0 Å². The lowest BCUT2D eigenvalue weighted by Gasteiger charge is -2.10. The van der Waals surface area contributed by atoms with E-state index in [1.54, 1.807) is 6.92 Å². The van der Waals surface area contributed by atoms with E-state index in [2.05, 4.69) is 16.1 Å². The fourth-order valence-electron chi connectivity index (χ4n) is 0.613. The molecule has 0 fully saturated rings. The van der Waals surface area contributed by atoms with Gasteiger partial charge in [-0.1, -0.05) is 13.5 Å². The molecular formula is C9H14O5. The highest BCUT2D eigenvalue weighted by molar-refractivity contribution is 5.81. The first kappa shape index (κ1) is 12.6. The number of hydrogen-bond acceptors (Lipinski definition) is 5. The molecule has 5 nitrogen and oxygen atoms in total. The third-order valence-electron chi connectivity index (χ3n) is 1.33. The monoisotopic (exact) mass is 202 g/mol. The standard InChI is InChI=1S/C9H14O5/c1-3-7(10)13-6-5-9(12)14-8(11)4-2/h3,9,12H,1,4-6H2,2H3. The lowest BCUT2D eigenvalue weighted by molar-refractivity contribution is -0.170. The van der Waals surface area contributed by atoms with Crippen molar-refractivity contribution in [1.82, 2.24) is 0 Å². The van der Waals surface area contributed by atoms with E-state index in [1.807, 2.05) is 0 Å². The summed E-state index contributed by atoms with van der Waals surface area (Å²) in [6.07, 6.45) is 0.0549. The molecule has 0 aromatic carbocycles. The topological polar surface area (TPSA) is 72.8 Å². The van der Waals surface area contributed by atoms with Crippen molar-refractivity contribution in [2.45, 2.75) is 26.1 Å². The normalized spacial score (nSPS) is 11.6. The van der Waals surface area contributed by atoms with Gasteiger partial charge < -0.3 is 14.6 Å². The second kappa shape index (κ2) is 7.08. The molecule has 0 aliphatic heterocycles. The molecule has 0 saturated heterocycles. The highest BCUT2D eigenvalue weighted by Crippen LogP contribution is 1.97. The van der Waals surface area contributed by atoms with Gasteiger partial charge in [-0.2, -0.15) is 0 Å². The molecule has 0 bridgehead atoms. The van der Waals surface area contributed by atoms with Crippen molar-refractivity contribution in [3.8, 4) is 0 Å². The van der Waals surface area contributed by atoms with E-state index in [4.69, 9.17) is 5.11 Å². The van der Waals surface area contributed by atoms with Crippen LogP contribution in [-0.4, -0.2) is 29.9 Å². The molecule has 0 saturated carbocycles. The Morgan fingerprint density at radius 3 is 2.71 bits per heavy atom. The summed E-state index contributed by atoms with van der Waals surface area (Å²) in [5.41, 5.74) is 0. The van der Waals surface area contributed by atoms with Crippen molar-refractivity contribution in [2.75, 3.05) is 6.61 Å². The van der Waals surface area contributed by atoms with Crippen molar-refractivity contribution >= 4 is 11.9 Å². The maximum Gasteiger partial charge on any atom is 0.330 e. The van der Waals surface area contributed by atoms with E-state index in [1.165, 1.54) is 0 Å². The van der Waals surface area contributed by atoms with E-state index >= 15 is 0 Å². The number of esters is 2. The first-order valence-electron chi connectivity index (χ1n) is 4.26. The summed E-state index contributed by atoms with van der Waals surface area (Å²) < 4.78 is 9.08. The molecule has 5 heteroatoms. The van der Waals surface area contributed by atoms with Gasteiger partial charge in [0.25, 0.3) is 0 Å². The SMILES string of the molecule is C=CC(=O)OCCC(O)OC(=O)CC. The number of carbonyl (C=O) groups excluding carboxylic acids is 2. The van der Waals surface area contributed by atoms with Gasteiger partial charge in [0, 0.05) is 18.9 Å². The molecule has 0 rings (SSSR count). The van der Waals surface area contributed by atoms with Crippen LogP contribution in [0.15, 0.2) is 12.7 Å². The molecule has 0 aromatic rings. The Balaban J connectivity index is 3.53. The fraction of sp³-hybridized carbons (Fsp3) is 0.556. The summed E-state index contributed by atoms with van der Waals surface area (Å²) in [6.45, 7) is 4.80. The zero-order valence-electron chi connectivity index (χ0n) is 8.06. The minimum Gasteiger partial charge on any atom is -0.462 e. The summed E-state index contributed by atoms with van der Waals surface area (Å²) in [4.78, 5) is 21.2. The predicted octanol–water partition coefficient (Wildman–Crippen LogP) is 0.377. The van der Waals surface area contributed by atoms with E-state index < -0.39 is 18.2 Å². The second-order valence-corrected chi connectivity index (χ2v) is 2.46. The van der Waals surface area contributed by atoms with Gasteiger partial charge in [0.05, 0.1) is 6.61 Å². The second-order valence-electron chi connectivity index (χ2n) is 2.46. The van der Waals surface area contributed by atoms with Crippen molar-refractivity contribution in [2.24, 2.45) is 0 Å². The van der Waals surface area contributed by atoms with Gasteiger partial charge in [-0.25, -0.2) is 4.79 Å². The zero-order valence-corrected chi connectivity index (χ0v) is 8.06. The van der Waals surface area contributed by atoms with Crippen molar-refractivity contribution < 1.29 is 24.2 Å². The number of rotatable bonds is 6. The Labute approximate surface area is 82.3 Å². The average molecular weight is 202 g/mol. The molecule has 0 aromatic heterocycles. The van der Waals surface area contributed by atoms with Crippen LogP contribution in [-0.2, 0) is 19.1 Å². The molecule has 1 N–H and O–H groups in total. The molecule has 0 radical (unpaired) electrons. The third-order valence-corrected chi connectivity index (χ3v) is 1.33. The summed E-state index contributed by atoms with van der Waals surface area (Å²) >= 11 is 0. The van der Waals surface area contributed by atoms with Crippen LogP contribution >= 0.6 is 0 Å². The number of hydrogen-bond donors (Lipinski definition) is 1. The molecule has 0 aliphatic carbocycles. The van der Waals surface area contributed by atoms with E-state index in [9.17, 15) is 9.59 Å². The summed E-state index contributed by atoms with van der Waals surface area (Å²) in [6, 6.07) is 0. The lowest BCUT2D eigenvalue weighted by atomic mass is 10.4. The van der Waals surface area contributed by atoms with Gasteiger partial charge in [0.1, 0.15) is 0 Å². The summed E-state index contributed by atoms with van der Waals surface area (Å²) in [5.74, 6) is -1.06. The molecule has 1 atom stereocenters. The van der Waals surface area contributed by atoms with Crippen molar-refractivity contribution in [3.05, 3.63) is 12.7 Å².